The van der Waals surface area contributed by atoms with Crippen LogP contribution in [0.4, 0.5) is 52.7 Å². The molecule has 0 aliphatic carbocycles. The molecule has 0 unspecified atom stereocenters. The van der Waals surface area contributed by atoms with Crippen LogP contribution >= 0.6 is 0 Å². The molecule has 4 nitrogen and oxygen atoms in total. The van der Waals surface area contributed by atoms with Crippen LogP contribution in [0.25, 0.3) is 0 Å². The van der Waals surface area contributed by atoms with Crippen LogP contribution in [0.5, 0.6) is 0 Å². The van der Waals surface area contributed by atoms with Crippen LogP contribution < -0.4 is 10.2 Å². The first-order chi connectivity index (χ1) is 11.1. The zero-order valence-corrected chi connectivity index (χ0v) is 12.9. The molecule has 0 atom stereocenters. The van der Waals surface area contributed by atoms with Gasteiger partial charge in [-0.2, -0.15) is 52.7 Å². The Kier molecular flexibility index (Phi) is 10.9. The van der Waals surface area contributed by atoms with Gasteiger partial charge in [0, 0.05) is 0 Å². The quantitative estimate of drug-likeness (QED) is 0.268. The van der Waals surface area contributed by atoms with E-state index in [9.17, 15) is 72.5 Å². The maximum atomic E-state index is 11.3. The molecule has 0 bridgehead atoms. The number of hydrogen-bond donors (Lipinski definition) is 0. The van der Waals surface area contributed by atoms with Gasteiger partial charge in [0.1, 0.15) is 0 Å². The minimum absolute atomic E-state index is 0. The van der Waals surface area contributed by atoms with Crippen molar-refractivity contribution < 1.29 is 89.6 Å². The summed E-state index contributed by atoms with van der Waals surface area (Å²) in [5, 5.41) is 19.6. The molecular formula is C10H2F12MnO4. The third-order valence-corrected chi connectivity index (χ3v) is 1.64. The fourth-order valence-corrected chi connectivity index (χ4v) is 0.565. The fourth-order valence-electron chi connectivity index (χ4n) is 0.565. The van der Waals surface area contributed by atoms with Crippen molar-refractivity contribution in [3.05, 3.63) is 23.7 Å². The summed E-state index contributed by atoms with van der Waals surface area (Å²) in [5.41, 5.74) is 0. The first kappa shape index (κ1) is 29.8. The van der Waals surface area contributed by atoms with Gasteiger partial charge in [-0.3, -0.25) is 9.59 Å². The molecule has 0 rings (SSSR count). The zero-order valence-electron chi connectivity index (χ0n) is 11.7. The molecule has 157 valence electrons. The van der Waals surface area contributed by atoms with Gasteiger partial charge < -0.3 is 10.2 Å². The Balaban J connectivity index is -0.000000411. The molecule has 0 amide bonds. The molecule has 0 aliphatic heterocycles. The number of hydrogen-bond acceptors (Lipinski definition) is 4. The van der Waals surface area contributed by atoms with Crippen molar-refractivity contribution in [2.24, 2.45) is 0 Å². The monoisotopic (exact) mass is 469 g/mol. The smallest absolute Gasteiger partial charge is 0.869 e. The van der Waals surface area contributed by atoms with Crippen molar-refractivity contribution in [2.75, 3.05) is 0 Å². The molecule has 0 aromatic carbocycles. The first-order valence-electron chi connectivity index (χ1n) is 5.24. The standard InChI is InChI=1S/2C5H2F6O2.Mn/c2*6-4(7,8)2(12)1-3(13)5(9,10)11;/h2*1,12H;/q;;+2/p-2. The molecule has 0 saturated carbocycles. The van der Waals surface area contributed by atoms with Crippen LogP contribution in [-0.4, -0.2) is 36.3 Å². The Bertz CT molecular complexity index is 527. The molecular weight excluding hydrogens is 467 g/mol. The average molecular weight is 469 g/mol. The topological polar surface area (TPSA) is 80.3 Å². The average Bonchev–Trinajstić information content (AvgIpc) is 2.34. The number of ketones is 2. The fraction of sp³-hybridized carbons (Fsp3) is 0.400. The Morgan fingerprint density at radius 3 is 0.815 bits per heavy atom. The molecule has 0 aromatic heterocycles. The molecule has 0 aromatic rings. The summed E-state index contributed by atoms with van der Waals surface area (Å²) in [6.07, 6.45) is -23.9. The number of alkyl halides is 12. The molecule has 0 saturated heterocycles. The van der Waals surface area contributed by atoms with Gasteiger partial charge >= 0.3 is 41.8 Å². The summed E-state index contributed by atoms with van der Waals surface area (Å²) < 4.78 is 136. The third-order valence-electron chi connectivity index (χ3n) is 1.64. The minimum atomic E-state index is -5.46. The SMILES string of the molecule is O=C(C=C([O-])C(F)(F)F)C(F)(F)F.O=C(C=C([O-])C(F)(F)F)C(F)(F)F.[Mn+2]. The molecule has 0 N–H and O–H groups in total. The van der Waals surface area contributed by atoms with E-state index in [2.05, 4.69) is 0 Å². The maximum Gasteiger partial charge on any atom is 2.00 e. The van der Waals surface area contributed by atoms with E-state index in [1.165, 1.54) is 0 Å². The predicted molar refractivity (Wildman–Crippen MR) is 50.4 cm³/mol. The van der Waals surface area contributed by atoms with Gasteiger partial charge in [-0.1, -0.05) is 0 Å². The van der Waals surface area contributed by atoms with Gasteiger partial charge in [-0.15, -0.1) is 0 Å². The van der Waals surface area contributed by atoms with Gasteiger partial charge in [-0.25, -0.2) is 0 Å². The summed E-state index contributed by atoms with van der Waals surface area (Å²) >= 11 is 0. The number of carbonyl (C=O) groups excluding carboxylic acids is 2. The minimum Gasteiger partial charge on any atom is -0.869 e. The molecule has 27 heavy (non-hydrogen) atoms. The van der Waals surface area contributed by atoms with Crippen molar-refractivity contribution in [3.63, 3.8) is 0 Å². The molecule has 0 spiro atoms. The van der Waals surface area contributed by atoms with Gasteiger partial charge in [0.05, 0.1) is 0 Å². The zero-order chi connectivity index (χ0) is 21.7. The summed E-state index contributed by atoms with van der Waals surface area (Å²) in [6.45, 7) is 0. The van der Waals surface area contributed by atoms with Crippen molar-refractivity contribution in [2.45, 2.75) is 24.7 Å². The number of carbonyl (C=O) groups is 2. The van der Waals surface area contributed by atoms with E-state index in [0.717, 1.165) is 0 Å². The molecule has 17 heteroatoms. The van der Waals surface area contributed by atoms with Crippen LogP contribution in [0.15, 0.2) is 23.7 Å². The van der Waals surface area contributed by atoms with E-state index in [1.807, 2.05) is 0 Å². The van der Waals surface area contributed by atoms with Crippen LogP contribution in [0.2, 0.25) is 0 Å². The van der Waals surface area contributed by atoms with Gasteiger partial charge in [0.15, 0.2) is 0 Å². The first-order valence-corrected chi connectivity index (χ1v) is 5.24. The van der Waals surface area contributed by atoms with E-state index in [4.69, 9.17) is 0 Å². The van der Waals surface area contributed by atoms with Crippen LogP contribution in [0.3, 0.4) is 0 Å². The van der Waals surface area contributed by atoms with Gasteiger partial charge in [-0.05, 0) is 23.7 Å². The Morgan fingerprint density at radius 1 is 0.519 bits per heavy atom. The maximum absolute atomic E-state index is 11.3. The van der Waals surface area contributed by atoms with Crippen molar-refractivity contribution in [3.8, 4) is 0 Å². The number of rotatable bonds is 2. The summed E-state index contributed by atoms with van der Waals surface area (Å²) in [6, 6.07) is 0. The van der Waals surface area contributed by atoms with Crippen LogP contribution in [0.1, 0.15) is 0 Å². The van der Waals surface area contributed by atoms with Gasteiger partial charge in [0.2, 0.25) is 0 Å². The molecule has 0 heterocycles. The second-order valence-corrected chi connectivity index (χ2v) is 3.74. The molecule has 0 aliphatic rings. The van der Waals surface area contributed by atoms with Crippen LogP contribution in [0, 0.1) is 0 Å². The Labute approximate surface area is 150 Å². The summed E-state index contributed by atoms with van der Waals surface area (Å²) in [4.78, 5) is 19.6. The Hall–Kier alpha value is -1.90. The van der Waals surface area contributed by atoms with E-state index < -0.39 is 59.9 Å². The van der Waals surface area contributed by atoms with Crippen molar-refractivity contribution in [1.29, 1.82) is 0 Å². The molecule has 1 radical (unpaired) electrons. The second-order valence-electron chi connectivity index (χ2n) is 3.74. The van der Waals surface area contributed by atoms with Gasteiger partial charge in [0.25, 0.3) is 11.6 Å². The van der Waals surface area contributed by atoms with Crippen molar-refractivity contribution in [1.82, 2.24) is 0 Å². The number of halogens is 12. The predicted octanol–water partition coefficient (Wildman–Crippen LogP) is 1.85. The van der Waals surface area contributed by atoms with Crippen LogP contribution in [-0.2, 0) is 26.7 Å². The third kappa shape index (κ3) is 13.0. The number of allylic oxidation sites excluding steroid dienone is 4. The summed E-state index contributed by atoms with van der Waals surface area (Å²) in [5.74, 6) is -11.3. The van der Waals surface area contributed by atoms with Crippen molar-refractivity contribution >= 4 is 11.6 Å². The van der Waals surface area contributed by atoms with E-state index in [0.29, 0.717) is 0 Å². The van der Waals surface area contributed by atoms with E-state index >= 15 is 0 Å². The van der Waals surface area contributed by atoms with E-state index in [1.54, 1.807) is 0 Å². The largest absolute Gasteiger partial charge is 2.00 e. The second kappa shape index (κ2) is 9.87. The summed E-state index contributed by atoms with van der Waals surface area (Å²) in [7, 11) is 0. The normalized spacial score (nSPS) is 13.9. The Morgan fingerprint density at radius 2 is 0.704 bits per heavy atom. The molecule has 0 fully saturated rings. The van der Waals surface area contributed by atoms with E-state index in [-0.39, 0.29) is 17.1 Å².